The maximum atomic E-state index is 5.18. The maximum absolute atomic E-state index is 5.18. The van der Waals surface area contributed by atoms with Crippen LogP contribution in [0.15, 0.2) is 164 Å². The Balaban J connectivity index is 1.30. The Morgan fingerprint density at radius 1 is 0.464 bits per heavy atom. The highest BCUT2D eigenvalue weighted by atomic mass is 15.4. The quantitative estimate of drug-likeness (QED) is 0.159. The number of aromatic nitrogens is 2. The van der Waals surface area contributed by atoms with Crippen LogP contribution >= 0.6 is 0 Å². The van der Waals surface area contributed by atoms with Crippen LogP contribution in [0.2, 0.25) is 0 Å². The Morgan fingerprint density at radius 2 is 1.05 bits per heavy atom. The van der Waals surface area contributed by atoms with Gasteiger partial charge in [-0.15, -0.1) is 0 Å². The summed E-state index contributed by atoms with van der Waals surface area (Å²) >= 11 is 0. The van der Waals surface area contributed by atoms with Gasteiger partial charge in [-0.1, -0.05) is 145 Å². The average Bonchev–Trinajstić information content (AvgIpc) is 3.72. The summed E-state index contributed by atoms with van der Waals surface area (Å²) in [5.74, 6) is 0. The molecule has 0 amide bonds. The number of hydrogen-bond acceptors (Lipinski definition) is 3. The third-order valence-electron chi connectivity index (χ3n) is 11.9. The monoisotopic (exact) mass is 730 g/mol. The molecule has 0 saturated heterocycles. The van der Waals surface area contributed by atoms with Gasteiger partial charge in [0.05, 0.1) is 40.2 Å². The number of nitrogens with zero attached hydrogens (tertiary/aromatic N) is 4. The molecule has 0 spiro atoms. The lowest BCUT2D eigenvalue weighted by molar-refractivity contribution is 0.588. The fourth-order valence-corrected chi connectivity index (χ4v) is 8.85. The second-order valence-corrected chi connectivity index (χ2v) is 17.5. The number of para-hydroxylation sites is 3. The minimum absolute atomic E-state index is 0.0302. The lowest BCUT2D eigenvalue weighted by Gasteiger charge is -2.37. The second-order valence-electron chi connectivity index (χ2n) is 17.5. The molecule has 278 valence electrons. The van der Waals surface area contributed by atoms with E-state index in [1.807, 2.05) is 12.3 Å². The van der Waals surface area contributed by atoms with Crippen molar-refractivity contribution in [2.24, 2.45) is 0 Å². The lowest BCUT2D eigenvalue weighted by Crippen LogP contribution is -2.32. The van der Waals surface area contributed by atoms with Crippen molar-refractivity contribution in [1.82, 2.24) is 9.55 Å². The molecule has 0 radical (unpaired) electrons. The normalized spacial score (nSPS) is 13.5. The summed E-state index contributed by atoms with van der Waals surface area (Å²) < 4.78 is 2.46. The largest absolute Gasteiger partial charge is 0.355 e. The summed E-state index contributed by atoms with van der Waals surface area (Å²) in [6.07, 6.45) is 1.93. The number of pyridine rings is 1. The van der Waals surface area contributed by atoms with E-state index >= 15 is 0 Å². The summed E-state index contributed by atoms with van der Waals surface area (Å²) in [5.41, 5.74) is 13.6. The van der Waals surface area contributed by atoms with Gasteiger partial charge in [0.2, 0.25) is 0 Å². The standard InChI is InChI=1S/C52H50N4/c1-50(2,3)36-22-26-38(27-23-36)52(49-21-12-13-32-53-49,39-28-24-37(25-29-39)51(4,5)6)40-15-14-16-42(33-40)56-45-18-9-8-17-43(45)44-31-30-41(34-48(44)56)55-35-54(7)46-19-10-11-20-47(46)55/h8-34H,35H2,1-7H3. The summed E-state index contributed by atoms with van der Waals surface area (Å²) in [5, 5.41) is 2.48. The van der Waals surface area contributed by atoms with E-state index in [1.165, 1.54) is 61.1 Å². The van der Waals surface area contributed by atoms with Gasteiger partial charge in [0, 0.05) is 35.4 Å². The fourth-order valence-electron chi connectivity index (χ4n) is 8.85. The van der Waals surface area contributed by atoms with E-state index in [0.29, 0.717) is 0 Å². The molecule has 4 heteroatoms. The zero-order valence-electron chi connectivity index (χ0n) is 33.6. The average molecular weight is 731 g/mol. The zero-order chi connectivity index (χ0) is 38.8. The van der Waals surface area contributed by atoms with Gasteiger partial charge in [0.15, 0.2) is 0 Å². The van der Waals surface area contributed by atoms with Crippen LogP contribution in [0.3, 0.4) is 0 Å². The third-order valence-corrected chi connectivity index (χ3v) is 11.9. The Bertz CT molecular complexity index is 2630. The van der Waals surface area contributed by atoms with Crippen LogP contribution < -0.4 is 9.80 Å². The molecule has 0 unspecified atom stereocenters. The molecule has 0 fully saturated rings. The van der Waals surface area contributed by atoms with Gasteiger partial charge in [0.25, 0.3) is 0 Å². The summed E-state index contributed by atoms with van der Waals surface area (Å²) in [6.45, 7) is 14.5. The van der Waals surface area contributed by atoms with E-state index < -0.39 is 5.41 Å². The third kappa shape index (κ3) is 5.78. The first-order chi connectivity index (χ1) is 26.9. The van der Waals surface area contributed by atoms with E-state index in [0.717, 1.165) is 23.6 Å². The van der Waals surface area contributed by atoms with E-state index in [2.05, 4.69) is 215 Å². The Labute approximate surface area is 331 Å². The van der Waals surface area contributed by atoms with Crippen LogP contribution in [0.1, 0.15) is 75.1 Å². The highest BCUT2D eigenvalue weighted by Gasteiger charge is 2.40. The van der Waals surface area contributed by atoms with Crippen LogP contribution in [-0.4, -0.2) is 23.3 Å². The highest BCUT2D eigenvalue weighted by molar-refractivity contribution is 6.10. The predicted molar refractivity (Wildman–Crippen MR) is 236 cm³/mol. The van der Waals surface area contributed by atoms with Crippen molar-refractivity contribution in [1.29, 1.82) is 0 Å². The summed E-state index contributed by atoms with van der Waals surface area (Å²) in [4.78, 5) is 9.91. The topological polar surface area (TPSA) is 24.3 Å². The van der Waals surface area contributed by atoms with E-state index in [4.69, 9.17) is 4.98 Å². The Morgan fingerprint density at radius 3 is 1.70 bits per heavy atom. The van der Waals surface area contributed by atoms with E-state index in [9.17, 15) is 0 Å². The molecule has 0 bridgehead atoms. The van der Waals surface area contributed by atoms with Crippen molar-refractivity contribution >= 4 is 38.9 Å². The minimum Gasteiger partial charge on any atom is -0.355 e. The molecule has 0 N–H and O–H groups in total. The molecule has 0 saturated carbocycles. The molecule has 0 atom stereocenters. The fraction of sp³-hybridized carbons (Fsp3) is 0.212. The molecule has 4 nitrogen and oxygen atoms in total. The molecule has 56 heavy (non-hydrogen) atoms. The van der Waals surface area contributed by atoms with Crippen LogP contribution in [0, 0.1) is 0 Å². The molecular formula is C52H50N4. The smallest absolute Gasteiger partial charge is 0.0950 e. The minimum atomic E-state index is -0.697. The Hall–Kier alpha value is -6.13. The summed E-state index contributed by atoms with van der Waals surface area (Å²) in [7, 11) is 2.17. The van der Waals surface area contributed by atoms with E-state index in [-0.39, 0.29) is 10.8 Å². The SMILES string of the molecule is CN1CN(c2ccc3c4ccccc4n(-c4cccc(C(c5ccc(C(C)(C)C)cc5)(c5ccc(C(C)(C)C)cc5)c5ccccn5)c4)c3c2)c2ccccc21. The molecule has 9 rings (SSSR count). The van der Waals surface area contributed by atoms with Crippen LogP contribution in [0.4, 0.5) is 17.1 Å². The molecule has 8 aromatic rings. The second kappa shape index (κ2) is 13.3. The Kier molecular flexibility index (Phi) is 8.43. The van der Waals surface area contributed by atoms with Gasteiger partial charge < -0.3 is 14.4 Å². The van der Waals surface area contributed by atoms with Crippen molar-refractivity contribution in [3.8, 4) is 5.69 Å². The molecule has 1 aliphatic rings. The summed E-state index contributed by atoms with van der Waals surface area (Å²) in [6, 6.07) is 58.5. The number of anilines is 3. The van der Waals surface area contributed by atoms with Crippen molar-refractivity contribution in [2.45, 2.75) is 57.8 Å². The van der Waals surface area contributed by atoms with Crippen molar-refractivity contribution < 1.29 is 0 Å². The molecule has 3 heterocycles. The van der Waals surface area contributed by atoms with Crippen molar-refractivity contribution in [3.63, 3.8) is 0 Å². The van der Waals surface area contributed by atoms with Crippen LogP contribution in [-0.2, 0) is 16.2 Å². The predicted octanol–water partition coefficient (Wildman–Crippen LogP) is 12.7. The molecule has 6 aromatic carbocycles. The van der Waals surface area contributed by atoms with Crippen LogP contribution in [0.5, 0.6) is 0 Å². The number of hydrogen-bond donors (Lipinski definition) is 0. The molecular weight excluding hydrogens is 681 g/mol. The molecule has 0 aliphatic carbocycles. The first-order valence-corrected chi connectivity index (χ1v) is 19.8. The number of rotatable bonds is 6. The highest BCUT2D eigenvalue weighted by Crippen LogP contribution is 2.47. The molecule has 2 aromatic heterocycles. The van der Waals surface area contributed by atoms with E-state index in [1.54, 1.807) is 0 Å². The lowest BCUT2D eigenvalue weighted by atomic mass is 9.66. The van der Waals surface area contributed by atoms with Gasteiger partial charge >= 0.3 is 0 Å². The van der Waals surface area contributed by atoms with Gasteiger partial charge in [-0.25, -0.2) is 0 Å². The van der Waals surface area contributed by atoms with Gasteiger partial charge in [0.1, 0.15) is 0 Å². The van der Waals surface area contributed by atoms with Gasteiger partial charge in [-0.2, -0.15) is 0 Å². The number of fused-ring (bicyclic) bond motifs is 4. The first kappa shape index (κ1) is 35.6. The first-order valence-electron chi connectivity index (χ1n) is 19.8. The maximum Gasteiger partial charge on any atom is 0.0950 e. The van der Waals surface area contributed by atoms with Crippen LogP contribution in [0.25, 0.3) is 27.5 Å². The van der Waals surface area contributed by atoms with Gasteiger partial charge in [-0.05, 0) is 93.2 Å². The molecule has 1 aliphatic heterocycles. The van der Waals surface area contributed by atoms with Crippen molar-refractivity contribution in [2.75, 3.05) is 23.5 Å². The van der Waals surface area contributed by atoms with Crippen molar-refractivity contribution in [3.05, 3.63) is 197 Å². The van der Waals surface area contributed by atoms with Gasteiger partial charge in [-0.3, -0.25) is 4.98 Å². The number of benzene rings is 6. The zero-order valence-corrected chi connectivity index (χ0v) is 33.6.